The number of nitrogens with zero attached hydrogens (tertiary/aromatic N) is 1. The molecule has 0 spiro atoms. The molecule has 2 fully saturated rings. The van der Waals surface area contributed by atoms with Gasteiger partial charge in [-0.2, -0.15) is 0 Å². The highest BCUT2D eigenvalue weighted by Crippen LogP contribution is 2.45. The second-order valence-electron chi connectivity index (χ2n) is 4.57. The summed E-state index contributed by atoms with van der Waals surface area (Å²) in [5.74, 6) is 0. The van der Waals surface area contributed by atoms with Crippen molar-refractivity contribution in [2.24, 2.45) is 0 Å². The lowest BCUT2D eigenvalue weighted by atomic mass is 9.91. The topological polar surface area (TPSA) is 49.8 Å². The molecular weight excluding hydrogens is 182 g/mol. The number of aliphatic hydroxyl groups is 1. The second-order valence-corrected chi connectivity index (χ2v) is 4.57. The summed E-state index contributed by atoms with van der Waals surface area (Å²) in [5.41, 5.74) is -1.94. The minimum absolute atomic E-state index is 0.186. The molecule has 1 saturated heterocycles. The van der Waals surface area contributed by atoms with E-state index in [1.54, 1.807) is 13.8 Å². The molecule has 1 aliphatic heterocycles. The molecule has 2 aliphatic rings. The van der Waals surface area contributed by atoms with Crippen LogP contribution in [0.4, 0.5) is 4.79 Å². The first kappa shape index (κ1) is 9.77. The smallest absolute Gasteiger partial charge is 0.413 e. The van der Waals surface area contributed by atoms with Crippen LogP contribution in [0.15, 0.2) is 0 Å². The summed E-state index contributed by atoms with van der Waals surface area (Å²) in [6, 6.07) is 0.186. The lowest BCUT2D eigenvalue weighted by Gasteiger charge is -2.36. The Morgan fingerprint density at radius 3 is 2.50 bits per heavy atom. The van der Waals surface area contributed by atoms with Crippen molar-refractivity contribution in [1.29, 1.82) is 0 Å². The highest BCUT2D eigenvalue weighted by Gasteiger charge is 2.61. The summed E-state index contributed by atoms with van der Waals surface area (Å²) in [6.45, 7) is 5.37. The number of carbonyl (C=O) groups excluding carboxylic acids is 1. The summed E-state index contributed by atoms with van der Waals surface area (Å²) in [6.07, 6.45) is 2.20. The first-order chi connectivity index (χ1) is 6.42. The van der Waals surface area contributed by atoms with E-state index in [1.807, 2.05) is 6.92 Å². The minimum atomic E-state index is -1.17. The molecule has 0 radical (unpaired) electrons. The average Bonchev–Trinajstić information content (AvgIpc) is 2.84. The zero-order valence-electron chi connectivity index (χ0n) is 8.91. The van der Waals surface area contributed by atoms with Crippen LogP contribution in [-0.4, -0.2) is 33.5 Å². The first-order valence-electron chi connectivity index (χ1n) is 5.17. The fourth-order valence-corrected chi connectivity index (χ4v) is 2.02. The van der Waals surface area contributed by atoms with Gasteiger partial charge in [-0.05, 0) is 33.1 Å². The third-order valence-corrected chi connectivity index (χ3v) is 3.57. The van der Waals surface area contributed by atoms with Crippen LogP contribution in [0.2, 0.25) is 0 Å². The van der Waals surface area contributed by atoms with E-state index >= 15 is 0 Å². The maximum Gasteiger partial charge on any atom is 0.413 e. The summed E-state index contributed by atoms with van der Waals surface area (Å²) in [4.78, 5) is 13.1. The fraction of sp³-hybridized carbons (Fsp3) is 0.900. The highest BCUT2D eigenvalue weighted by atomic mass is 16.6. The van der Waals surface area contributed by atoms with Crippen molar-refractivity contribution in [1.82, 2.24) is 4.90 Å². The van der Waals surface area contributed by atoms with Crippen molar-refractivity contribution >= 4 is 6.09 Å². The number of cyclic esters (lactones) is 1. The van der Waals surface area contributed by atoms with Gasteiger partial charge in [0, 0.05) is 6.04 Å². The van der Waals surface area contributed by atoms with Crippen LogP contribution in [0, 0.1) is 0 Å². The zero-order valence-corrected chi connectivity index (χ0v) is 8.91. The quantitative estimate of drug-likeness (QED) is 0.732. The molecule has 1 heterocycles. The maximum atomic E-state index is 11.6. The predicted octanol–water partition coefficient (Wildman–Crippen LogP) is 1.48. The van der Waals surface area contributed by atoms with Crippen LogP contribution in [0.25, 0.3) is 0 Å². The fourth-order valence-electron chi connectivity index (χ4n) is 2.02. The molecule has 4 nitrogen and oxygen atoms in total. The number of amides is 1. The summed E-state index contributed by atoms with van der Waals surface area (Å²) >= 11 is 0. The normalized spacial score (nSPS) is 42.9. The van der Waals surface area contributed by atoms with Crippen LogP contribution >= 0.6 is 0 Å². The first-order valence-corrected chi connectivity index (χ1v) is 5.17. The van der Waals surface area contributed by atoms with E-state index in [1.165, 1.54) is 4.90 Å². The van der Waals surface area contributed by atoms with Crippen LogP contribution in [0.1, 0.15) is 40.0 Å². The van der Waals surface area contributed by atoms with Crippen molar-refractivity contribution in [3.8, 4) is 0 Å². The molecule has 1 aliphatic carbocycles. The van der Waals surface area contributed by atoms with Crippen molar-refractivity contribution in [2.75, 3.05) is 0 Å². The second kappa shape index (κ2) is 2.63. The van der Waals surface area contributed by atoms with Crippen molar-refractivity contribution < 1.29 is 14.6 Å². The third-order valence-electron chi connectivity index (χ3n) is 3.57. The molecular formula is C10H17NO3. The molecule has 2 rings (SSSR count). The highest BCUT2D eigenvalue weighted by molar-refractivity contribution is 5.73. The Morgan fingerprint density at radius 2 is 2.14 bits per heavy atom. The molecule has 14 heavy (non-hydrogen) atoms. The Balaban J connectivity index is 2.31. The van der Waals surface area contributed by atoms with Gasteiger partial charge in [0.2, 0.25) is 0 Å². The van der Waals surface area contributed by atoms with E-state index in [9.17, 15) is 9.90 Å². The largest absolute Gasteiger partial charge is 0.438 e. The Morgan fingerprint density at radius 1 is 1.57 bits per heavy atom. The Labute approximate surface area is 83.8 Å². The van der Waals surface area contributed by atoms with Gasteiger partial charge >= 0.3 is 6.09 Å². The monoisotopic (exact) mass is 199 g/mol. The maximum absolute atomic E-state index is 11.6. The lowest BCUT2D eigenvalue weighted by Crippen LogP contribution is -2.55. The third kappa shape index (κ3) is 1.06. The van der Waals surface area contributed by atoms with E-state index in [2.05, 4.69) is 0 Å². The molecule has 1 N–H and O–H groups in total. The van der Waals surface area contributed by atoms with Crippen LogP contribution in [0.3, 0.4) is 0 Å². The molecule has 0 unspecified atom stereocenters. The van der Waals surface area contributed by atoms with E-state index in [0.717, 1.165) is 12.8 Å². The Bertz CT molecular complexity index is 273. The molecule has 0 bridgehead atoms. The number of carbonyl (C=O) groups is 1. The van der Waals surface area contributed by atoms with Gasteiger partial charge in [-0.1, -0.05) is 6.92 Å². The summed E-state index contributed by atoms with van der Waals surface area (Å²) in [7, 11) is 0. The van der Waals surface area contributed by atoms with Gasteiger partial charge in [-0.15, -0.1) is 0 Å². The molecule has 0 aromatic rings. The van der Waals surface area contributed by atoms with Crippen LogP contribution in [-0.2, 0) is 4.74 Å². The van der Waals surface area contributed by atoms with Gasteiger partial charge < -0.3 is 9.84 Å². The van der Waals surface area contributed by atoms with Gasteiger partial charge in [0.15, 0.2) is 11.3 Å². The van der Waals surface area contributed by atoms with Gasteiger partial charge in [0.25, 0.3) is 0 Å². The molecule has 4 heteroatoms. The predicted molar refractivity (Wildman–Crippen MR) is 50.7 cm³/mol. The van der Waals surface area contributed by atoms with Gasteiger partial charge in [0.1, 0.15) is 0 Å². The molecule has 80 valence electrons. The number of rotatable bonds is 2. The van der Waals surface area contributed by atoms with Crippen LogP contribution in [0.5, 0.6) is 0 Å². The average molecular weight is 199 g/mol. The van der Waals surface area contributed by atoms with Gasteiger partial charge in [-0.3, -0.25) is 4.90 Å². The number of ether oxygens (including phenoxy) is 1. The molecule has 1 saturated carbocycles. The van der Waals surface area contributed by atoms with Gasteiger partial charge in [0.05, 0.1) is 0 Å². The summed E-state index contributed by atoms with van der Waals surface area (Å²) < 4.78 is 5.26. The van der Waals surface area contributed by atoms with E-state index in [0.29, 0.717) is 6.42 Å². The number of hydrogen-bond acceptors (Lipinski definition) is 3. The minimum Gasteiger partial charge on any atom is -0.438 e. The SMILES string of the molecule is CC[C@]1(C)OC(=O)N(C2CC2)[C@@]1(C)O. The molecule has 0 aromatic carbocycles. The standard InChI is InChI=1S/C10H17NO3/c1-4-9(2)10(3,13)11(7-5-6-7)8(12)14-9/h7,13H,4-6H2,1-3H3/t9-,10-/m0/s1. The van der Waals surface area contributed by atoms with Gasteiger partial charge in [-0.25, -0.2) is 4.79 Å². The summed E-state index contributed by atoms with van der Waals surface area (Å²) in [5, 5.41) is 10.3. The van der Waals surface area contributed by atoms with E-state index < -0.39 is 11.3 Å². The lowest BCUT2D eigenvalue weighted by molar-refractivity contribution is -0.139. The number of hydrogen-bond donors (Lipinski definition) is 1. The molecule has 0 aromatic heterocycles. The van der Waals surface area contributed by atoms with E-state index in [4.69, 9.17) is 4.74 Å². The molecule has 2 atom stereocenters. The Kier molecular flexibility index (Phi) is 1.83. The van der Waals surface area contributed by atoms with Crippen molar-refractivity contribution in [3.63, 3.8) is 0 Å². The van der Waals surface area contributed by atoms with Crippen LogP contribution < -0.4 is 0 Å². The Hall–Kier alpha value is -0.770. The van der Waals surface area contributed by atoms with Crippen molar-refractivity contribution in [3.05, 3.63) is 0 Å². The molecule has 1 amide bonds. The zero-order chi connectivity index (χ0) is 10.6. The van der Waals surface area contributed by atoms with Crippen molar-refractivity contribution in [2.45, 2.75) is 57.4 Å². The van der Waals surface area contributed by atoms with E-state index in [-0.39, 0.29) is 12.1 Å².